The van der Waals surface area contributed by atoms with Crippen molar-refractivity contribution in [3.63, 3.8) is 0 Å². The Morgan fingerprint density at radius 3 is 2.53 bits per heavy atom. The van der Waals surface area contributed by atoms with Crippen molar-refractivity contribution in [1.29, 1.82) is 0 Å². The number of amides is 1. The number of aromatic nitrogens is 1. The first-order valence-electron chi connectivity index (χ1n) is 11.8. The van der Waals surface area contributed by atoms with Gasteiger partial charge in [0.2, 0.25) is 17.8 Å². The second-order valence-electron chi connectivity index (χ2n) is 8.78. The van der Waals surface area contributed by atoms with Crippen LogP contribution in [0.3, 0.4) is 0 Å². The summed E-state index contributed by atoms with van der Waals surface area (Å²) in [7, 11) is 0. The molecule has 2 aromatic rings. The van der Waals surface area contributed by atoms with Crippen molar-refractivity contribution in [1.82, 2.24) is 5.32 Å². The van der Waals surface area contributed by atoms with Crippen LogP contribution < -0.4 is 14.8 Å². The van der Waals surface area contributed by atoms with Crippen LogP contribution in [-0.4, -0.2) is 28.8 Å². The highest BCUT2D eigenvalue weighted by Gasteiger charge is 2.35. The van der Waals surface area contributed by atoms with E-state index in [-0.39, 0.29) is 39.0 Å². The Labute approximate surface area is 222 Å². The summed E-state index contributed by atoms with van der Waals surface area (Å²) in [4.78, 5) is 24.4. The van der Waals surface area contributed by atoms with Gasteiger partial charge in [-0.25, -0.2) is 9.18 Å². The molecule has 1 aromatic carbocycles. The van der Waals surface area contributed by atoms with E-state index in [1.807, 2.05) is 0 Å². The summed E-state index contributed by atoms with van der Waals surface area (Å²) in [5, 5.41) is 22.2. The normalized spacial score (nSPS) is 14.8. The van der Waals surface area contributed by atoms with E-state index >= 15 is 0 Å². The van der Waals surface area contributed by atoms with Crippen molar-refractivity contribution in [3.05, 3.63) is 83.1 Å². The first-order chi connectivity index (χ1) is 18.0. The van der Waals surface area contributed by atoms with Crippen LogP contribution in [0.25, 0.3) is 11.1 Å². The van der Waals surface area contributed by atoms with Gasteiger partial charge in [0, 0.05) is 16.5 Å². The highest BCUT2D eigenvalue weighted by atomic mass is 35.5. The Balaban J connectivity index is 1.92. The molecule has 0 saturated heterocycles. The minimum Gasteiger partial charge on any atom is -0.478 e. The monoisotopic (exact) mass is 551 g/mol. The molecule has 1 amide bonds. The van der Waals surface area contributed by atoms with Gasteiger partial charge in [0.1, 0.15) is 11.7 Å². The predicted molar refractivity (Wildman–Crippen MR) is 133 cm³/mol. The molecule has 202 valence electrons. The lowest BCUT2D eigenvalue weighted by molar-refractivity contribution is -0.909. The number of nitrogens with zero attached hydrogens (tertiary/aromatic N) is 1. The Kier molecular flexibility index (Phi) is 9.57. The van der Waals surface area contributed by atoms with Gasteiger partial charge >= 0.3 is 12.6 Å². The smallest absolute Gasteiger partial charge is 0.387 e. The number of aliphatic carboxylic acids is 1. The number of carbonyl (C=O) groups is 2. The minimum atomic E-state index is -3.22. The Morgan fingerprint density at radius 1 is 1.26 bits per heavy atom. The standard InChI is InChI=1S/C27H26ClF3N2O5/c1-3-17(26(35)36)8-7-15(2)32-25(34)19(13-16-5-4-6-16)21-11-9-18(14-33(21)37)23-22(38-27(30)31)12-10-20(28)24(23)29/h3,7-12,14,16,19,27H,2,4-6,13H2,1H3,(H2-,32,34,35,36,37)/p+1/b8-7-,17-3+. The number of hydrogen-bond donors (Lipinski definition) is 3. The number of rotatable bonds is 11. The molecule has 1 unspecified atom stereocenters. The van der Waals surface area contributed by atoms with Crippen molar-refractivity contribution in [3.8, 4) is 16.9 Å². The van der Waals surface area contributed by atoms with E-state index in [1.54, 1.807) is 6.92 Å². The van der Waals surface area contributed by atoms with Crippen molar-refractivity contribution in [2.75, 3.05) is 0 Å². The molecule has 1 heterocycles. The number of ether oxygens (including phenoxy) is 1. The van der Waals surface area contributed by atoms with Gasteiger partial charge in [-0.3, -0.25) is 10.0 Å². The number of pyridine rings is 1. The van der Waals surface area contributed by atoms with Crippen molar-refractivity contribution in [2.45, 2.75) is 45.1 Å². The van der Waals surface area contributed by atoms with Gasteiger partial charge in [-0.1, -0.05) is 43.5 Å². The van der Waals surface area contributed by atoms with Crippen LogP contribution in [0, 0.1) is 11.7 Å². The van der Waals surface area contributed by atoms with Crippen molar-refractivity contribution in [2.24, 2.45) is 5.92 Å². The molecular weight excluding hydrogens is 525 g/mol. The number of carboxylic acid groups (broad SMARTS) is 1. The lowest BCUT2D eigenvalue weighted by atomic mass is 9.77. The largest absolute Gasteiger partial charge is 0.478 e. The zero-order valence-electron chi connectivity index (χ0n) is 20.5. The van der Waals surface area contributed by atoms with E-state index in [4.69, 9.17) is 16.7 Å². The van der Waals surface area contributed by atoms with Crippen LogP contribution in [0.5, 0.6) is 5.75 Å². The molecule has 7 nitrogen and oxygen atoms in total. The van der Waals surface area contributed by atoms with E-state index < -0.39 is 36.0 Å². The number of alkyl halides is 2. The van der Waals surface area contributed by atoms with Crippen LogP contribution in [0.15, 0.2) is 66.5 Å². The summed E-state index contributed by atoms with van der Waals surface area (Å²) in [5.74, 6) is -3.70. The number of carbonyl (C=O) groups excluding carboxylic acids is 1. The third-order valence-corrected chi connectivity index (χ3v) is 6.59. The summed E-state index contributed by atoms with van der Waals surface area (Å²) < 4.78 is 45.7. The van der Waals surface area contributed by atoms with Crippen LogP contribution in [0.2, 0.25) is 5.02 Å². The Morgan fingerprint density at radius 2 is 1.97 bits per heavy atom. The quantitative estimate of drug-likeness (QED) is 0.143. The highest BCUT2D eigenvalue weighted by Crippen LogP contribution is 2.38. The third-order valence-electron chi connectivity index (χ3n) is 6.29. The van der Waals surface area contributed by atoms with Crippen LogP contribution in [0.4, 0.5) is 13.2 Å². The average molecular weight is 552 g/mol. The van der Waals surface area contributed by atoms with E-state index in [9.17, 15) is 28.0 Å². The molecule has 3 N–H and O–H groups in total. The molecule has 0 aliphatic heterocycles. The zero-order valence-corrected chi connectivity index (χ0v) is 21.2. The third kappa shape index (κ3) is 6.95. The maximum absolute atomic E-state index is 14.8. The Bertz CT molecular complexity index is 1290. The number of carboxylic acids is 1. The second-order valence-corrected chi connectivity index (χ2v) is 9.19. The molecule has 1 atom stereocenters. The van der Waals surface area contributed by atoms with Gasteiger partial charge in [-0.15, -0.1) is 0 Å². The number of allylic oxidation sites excluding steroid dienone is 2. The van der Waals surface area contributed by atoms with E-state index in [1.165, 1.54) is 30.4 Å². The van der Waals surface area contributed by atoms with Crippen LogP contribution in [-0.2, 0) is 9.59 Å². The molecule has 1 aromatic heterocycles. The maximum atomic E-state index is 14.8. The van der Waals surface area contributed by atoms with E-state index in [2.05, 4.69) is 16.6 Å². The van der Waals surface area contributed by atoms with Gasteiger partial charge in [0.05, 0.1) is 21.7 Å². The second kappa shape index (κ2) is 12.6. The number of nitrogens with one attached hydrogen (secondary N) is 1. The van der Waals surface area contributed by atoms with E-state index in [0.717, 1.165) is 37.6 Å². The lowest BCUT2D eigenvalue weighted by Crippen LogP contribution is -2.42. The fourth-order valence-corrected chi connectivity index (χ4v) is 4.27. The predicted octanol–water partition coefficient (Wildman–Crippen LogP) is 5.76. The Hall–Kier alpha value is -3.79. The molecule has 0 radical (unpaired) electrons. The fraction of sp³-hybridized carbons (Fsp3) is 0.296. The fourth-order valence-electron chi connectivity index (χ4n) is 4.11. The number of halogens is 4. The zero-order chi connectivity index (χ0) is 28.0. The molecule has 11 heteroatoms. The first-order valence-corrected chi connectivity index (χ1v) is 12.1. The molecule has 0 spiro atoms. The lowest BCUT2D eigenvalue weighted by Gasteiger charge is -2.28. The molecule has 1 aliphatic rings. The topological polar surface area (TPSA) is 99.7 Å². The van der Waals surface area contributed by atoms with Crippen LogP contribution >= 0.6 is 11.6 Å². The number of benzene rings is 1. The molecule has 1 aliphatic carbocycles. The molecule has 1 saturated carbocycles. The van der Waals surface area contributed by atoms with Gasteiger partial charge in [-0.2, -0.15) is 8.78 Å². The van der Waals surface area contributed by atoms with Crippen molar-refractivity contribution < 1.29 is 42.5 Å². The molecule has 38 heavy (non-hydrogen) atoms. The average Bonchev–Trinajstić information content (AvgIpc) is 2.81. The van der Waals surface area contributed by atoms with Crippen molar-refractivity contribution >= 4 is 23.5 Å². The molecule has 3 rings (SSSR count). The maximum Gasteiger partial charge on any atom is 0.387 e. The summed E-state index contributed by atoms with van der Waals surface area (Å²) in [6, 6.07) is 4.94. The minimum absolute atomic E-state index is 0.00500. The van der Waals surface area contributed by atoms with Gasteiger partial charge in [-0.05, 0) is 49.6 Å². The molecule has 1 fully saturated rings. The summed E-state index contributed by atoms with van der Waals surface area (Å²) in [6.45, 7) is 2.08. The number of hydrogen-bond acceptors (Lipinski definition) is 4. The summed E-state index contributed by atoms with van der Waals surface area (Å²) >= 11 is 5.85. The molecule has 0 bridgehead atoms. The SMILES string of the molecule is C=C(/C=C\C(=C/C)C(=O)O)NC(=O)C(CC1CCC1)c1ccc(-c2c(OC(F)F)ccc(Cl)c2F)c[n+]1O. The summed E-state index contributed by atoms with van der Waals surface area (Å²) in [5.41, 5.74) is -0.0457. The van der Waals surface area contributed by atoms with Crippen LogP contribution in [0.1, 0.15) is 44.2 Å². The van der Waals surface area contributed by atoms with Gasteiger partial charge < -0.3 is 15.2 Å². The first kappa shape index (κ1) is 28.8. The van der Waals surface area contributed by atoms with E-state index in [0.29, 0.717) is 11.2 Å². The summed E-state index contributed by atoms with van der Waals surface area (Å²) in [6.07, 6.45) is 8.39. The van der Waals surface area contributed by atoms with Gasteiger partial charge in [0.25, 0.3) is 0 Å². The molecular formula is C27H27ClF3N2O5+. The highest BCUT2D eigenvalue weighted by molar-refractivity contribution is 6.31. The van der Waals surface area contributed by atoms with Gasteiger partial charge in [0.15, 0.2) is 5.82 Å².